The van der Waals surface area contributed by atoms with Crippen LogP contribution < -0.4 is 9.47 Å². The van der Waals surface area contributed by atoms with Crippen molar-refractivity contribution in [3.8, 4) is 11.5 Å². The SMILES string of the molecule is COc1ccc(CC(C)=O)cc1OC1CCN(C)C1. The number of carbonyl (C=O) groups is 1. The first-order valence-electron chi connectivity index (χ1n) is 6.60. The van der Waals surface area contributed by atoms with E-state index in [0.717, 1.165) is 36.6 Å². The Morgan fingerprint density at radius 1 is 1.42 bits per heavy atom. The maximum absolute atomic E-state index is 11.2. The van der Waals surface area contributed by atoms with Crippen LogP contribution in [0.15, 0.2) is 18.2 Å². The number of hydrogen-bond acceptors (Lipinski definition) is 4. The van der Waals surface area contributed by atoms with Gasteiger partial charge < -0.3 is 14.4 Å². The second-order valence-corrected chi connectivity index (χ2v) is 5.15. The molecule has 0 bridgehead atoms. The predicted molar refractivity (Wildman–Crippen MR) is 73.9 cm³/mol. The van der Waals surface area contributed by atoms with Gasteiger partial charge in [-0.3, -0.25) is 4.79 Å². The van der Waals surface area contributed by atoms with Gasteiger partial charge in [-0.05, 0) is 38.1 Å². The van der Waals surface area contributed by atoms with Crippen molar-refractivity contribution in [1.29, 1.82) is 0 Å². The average Bonchev–Trinajstić information content (AvgIpc) is 2.74. The minimum absolute atomic E-state index is 0.150. The summed E-state index contributed by atoms with van der Waals surface area (Å²) in [6.07, 6.45) is 1.66. The van der Waals surface area contributed by atoms with Crippen LogP contribution in [0.25, 0.3) is 0 Å². The zero-order valence-electron chi connectivity index (χ0n) is 11.8. The summed E-state index contributed by atoms with van der Waals surface area (Å²) >= 11 is 0. The van der Waals surface area contributed by atoms with Crippen LogP contribution in [0, 0.1) is 0 Å². The van der Waals surface area contributed by atoms with Gasteiger partial charge in [-0.15, -0.1) is 0 Å². The molecule has 1 aromatic carbocycles. The molecule has 4 heteroatoms. The van der Waals surface area contributed by atoms with E-state index in [9.17, 15) is 4.79 Å². The number of likely N-dealkylation sites (tertiary alicyclic amines) is 1. The Kier molecular flexibility index (Phi) is 4.43. The van der Waals surface area contributed by atoms with Crippen LogP contribution in [-0.2, 0) is 11.2 Å². The van der Waals surface area contributed by atoms with Crippen molar-refractivity contribution in [3.05, 3.63) is 23.8 Å². The summed E-state index contributed by atoms with van der Waals surface area (Å²) in [4.78, 5) is 13.4. The van der Waals surface area contributed by atoms with Crippen LogP contribution in [0.5, 0.6) is 11.5 Å². The van der Waals surface area contributed by atoms with Crippen molar-refractivity contribution in [2.24, 2.45) is 0 Å². The van der Waals surface area contributed by atoms with Crippen LogP contribution in [0.2, 0.25) is 0 Å². The lowest BCUT2D eigenvalue weighted by Gasteiger charge is -2.17. The normalized spacial score (nSPS) is 19.4. The van der Waals surface area contributed by atoms with Crippen molar-refractivity contribution >= 4 is 5.78 Å². The molecule has 1 aliphatic rings. The number of likely N-dealkylation sites (N-methyl/N-ethyl adjacent to an activating group) is 1. The van der Waals surface area contributed by atoms with E-state index >= 15 is 0 Å². The fourth-order valence-corrected chi connectivity index (χ4v) is 2.38. The maximum atomic E-state index is 11.2. The maximum Gasteiger partial charge on any atom is 0.161 e. The lowest BCUT2D eigenvalue weighted by molar-refractivity contribution is -0.116. The smallest absolute Gasteiger partial charge is 0.161 e. The number of ether oxygens (including phenoxy) is 2. The van der Waals surface area contributed by atoms with Crippen LogP contribution in [0.3, 0.4) is 0 Å². The van der Waals surface area contributed by atoms with Crippen LogP contribution in [0.4, 0.5) is 0 Å². The van der Waals surface area contributed by atoms with Gasteiger partial charge in [0.1, 0.15) is 11.9 Å². The third-order valence-corrected chi connectivity index (χ3v) is 3.32. The molecule has 1 unspecified atom stereocenters. The Labute approximate surface area is 114 Å². The van der Waals surface area contributed by atoms with Gasteiger partial charge in [-0.1, -0.05) is 6.07 Å². The van der Waals surface area contributed by atoms with E-state index in [1.165, 1.54) is 0 Å². The van der Waals surface area contributed by atoms with E-state index in [1.807, 2.05) is 18.2 Å². The Bertz CT molecular complexity index is 459. The number of carbonyl (C=O) groups excluding carboxylic acids is 1. The Hall–Kier alpha value is -1.55. The highest BCUT2D eigenvalue weighted by Crippen LogP contribution is 2.30. The van der Waals surface area contributed by atoms with Gasteiger partial charge in [0.25, 0.3) is 0 Å². The van der Waals surface area contributed by atoms with Crippen molar-refractivity contribution in [2.75, 3.05) is 27.2 Å². The van der Waals surface area contributed by atoms with Gasteiger partial charge in [0.2, 0.25) is 0 Å². The minimum atomic E-state index is 0.150. The lowest BCUT2D eigenvalue weighted by Crippen LogP contribution is -2.21. The summed E-state index contributed by atoms with van der Waals surface area (Å²) < 4.78 is 11.3. The van der Waals surface area contributed by atoms with E-state index in [0.29, 0.717) is 6.42 Å². The summed E-state index contributed by atoms with van der Waals surface area (Å²) in [5, 5.41) is 0. The van der Waals surface area contributed by atoms with Gasteiger partial charge in [-0.2, -0.15) is 0 Å². The third kappa shape index (κ3) is 3.70. The molecule has 4 nitrogen and oxygen atoms in total. The summed E-state index contributed by atoms with van der Waals surface area (Å²) in [6.45, 7) is 3.58. The molecule has 0 saturated carbocycles. The lowest BCUT2D eigenvalue weighted by atomic mass is 10.1. The Morgan fingerprint density at radius 3 is 2.79 bits per heavy atom. The highest BCUT2D eigenvalue weighted by atomic mass is 16.5. The first kappa shape index (κ1) is 13.9. The number of rotatable bonds is 5. The van der Waals surface area contributed by atoms with Crippen LogP contribution >= 0.6 is 0 Å². The summed E-state index contributed by atoms with van der Waals surface area (Å²) in [6, 6.07) is 5.69. The molecule has 0 aliphatic carbocycles. The molecule has 2 rings (SSSR count). The quantitative estimate of drug-likeness (QED) is 0.813. The van der Waals surface area contributed by atoms with Crippen LogP contribution in [-0.4, -0.2) is 44.0 Å². The first-order chi connectivity index (χ1) is 9.08. The molecular formula is C15H21NO3. The number of methoxy groups -OCH3 is 1. The molecule has 0 aromatic heterocycles. The molecule has 1 aliphatic heterocycles. The van der Waals surface area contributed by atoms with Gasteiger partial charge >= 0.3 is 0 Å². The summed E-state index contributed by atoms with van der Waals surface area (Å²) in [7, 11) is 3.72. The molecular weight excluding hydrogens is 242 g/mol. The van der Waals surface area contributed by atoms with E-state index in [4.69, 9.17) is 9.47 Å². The molecule has 1 aromatic rings. The standard InChI is InChI=1S/C15H21NO3/c1-11(17)8-12-4-5-14(18-3)15(9-12)19-13-6-7-16(2)10-13/h4-5,9,13H,6-8,10H2,1-3H3. The molecule has 0 amide bonds. The number of Topliss-reactive ketones (excluding diaryl/α,β-unsaturated/α-hetero) is 1. The van der Waals surface area contributed by atoms with Crippen molar-refractivity contribution in [3.63, 3.8) is 0 Å². The van der Waals surface area contributed by atoms with Crippen molar-refractivity contribution in [2.45, 2.75) is 25.9 Å². The van der Waals surface area contributed by atoms with Crippen LogP contribution in [0.1, 0.15) is 18.9 Å². The number of benzene rings is 1. The second-order valence-electron chi connectivity index (χ2n) is 5.15. The van der Waals surface area contributed by atoms with E-state index < -0.39 is 0 Å². The summed E-state index contributed by atoms with van der Waals surface area (Å²) in [5.74, 6) is 1.61. The van der Waals surface area contributed by atoms with Gasteiger partial charge in [0.05, 0.1) is 7.11 Å². The number of hydrogen-bond donors (Lipinski definition) is 0. The molecule has 0 radical (unpaired) electrons. The summed E-state index contributed by atoms with van der Waals surface area (Å²) in [5.41, 5.74) is 0.967. The molecule has 1 saturated heterocycles. The Balaban J connectivity index is 2.13. The molecule has 104 valence electrons. The van der Waals surface area contributed by atoms with E-state index in [1.54, 1.807) is 14.0 Å². The van der Waals surface area contributed by atoms with Gasteiger partial charge in [-0.25, -0.2) is 0 Å². The fourth-order valence-electron chi connectivity index (χ4n) is 2.38. The molecule has 1 fully saturated rings. The largest absolute Gasteiger partial charge is 0.493 e. The third-order valence-electron chi connectivity index (χ3n) is 3.32. The second kappa shape index (κ2) is 6.06. The first-order valence-corrected chi connectivity index (χ1v) is 6.60. The molecule has 0 spiro atoms. The molecule has 1 atom stereocenters. The van der Waals surface area contributed by atoms with Crippen molar-refractivity contribution in [1.82, 2.24) is 4.90 Å². The van der Waals surface area contributed by atoms with Crippen molar-refractivity contribution < 1.29 is 14.3 Å². The van der Waals surface area contributed by atoms with Gasteiger partial charge in [0.15, 0.2) is 11.5 Å². The average molecular weight is 263 g/mol. The Morgan fingerprint density at radius 2 is 2.21 bits per heavy atom. The topological polar surface area (TPSA) is 38.8 Å². The van der Waals surface area contributed by atoms with E-state index in [2.05, 4.69) is 11.9 Å². The number of nitrogens with zero attached hydrogens (tertiary/aromatic N) is 1. The highest BCUT2D eigenvalue weighted by Gasteiger charge is 2.22. The zero-order valence-corrected chi connectivity index (χ0v) is 11.8. The minimum Gasteiger partial charge on any atom is -0.493 e. The molecule has 1 heterocycles. The molecule has 19 heavy (non-hydrogen) atoms. The predicted octanol–water partition coefficient (Wildman–Crippen LogP) is 1.91. The molecule has 0 N–H and O–H groups in total. The monoisotopic (exact) mass is 263 g/mol. The zero-order chi connectivity index (χ0) is 13.8. The fraction of sp³-hybridized carbons (Fsp3) is 0.533. The van der Waals surface area contributed by atoms with E-state index in [-0.39, 0.29) is 11.9 Å². The highest BCUT2D eigenvalue weighted by molar-refractivity contribution is 5.78. The number of ketones is 1. The van der Waals surface area contributed by atoms with Gasteiger partial charge in [0, 0.05) is 19.5 Å².